The molecule has 0 saturated carbocycles. The second-order valence-electron chi connectivity index (χ2n) is 7.19. The van der Waals surface area contributed by atoms with Crippen molar-refractivity contribution in [3.63, 3.8) is 0 Å². The molecule has 3 heterocycles. The smallest absolute Gasteiger partial charge is 0.416 e. The number of rotatable bonds is 3. The highest BCUT2D eigenvalue weighted by atomic mass is 32.1. The number of aryl methyl sites for hydroxylation is 1. The molecule has 0 aliphatic heterocycles. The van der Waals surface area contributed by atoms with Crippen LogP contribution >= 0.6 is 11.3 Å². The molecule has 32 heavy (non-hydrogen) atoms. The second-order valence-corrected chi connectivity index (χ2v) is 8.20. The summed E-state index contributed by atoms with van der Waals surface area (Å²) in [5.41, 5.74) is 1.13. The van der Waals surface area contributed by atoms with Crippen LogP contribution in [0.25, 0.3) is 33.7 Å². The van der Waals surface area contributed by atoms with E-state index in [2.05, 4.69) is 10.1 Å². The third-order valence-corrected chi connectivity index (χ3v) is 5.83. The minimum atomic E-state index is -4.44. The highest BCUT2D eigenvalue weighted by molar-refractivity contribution is 7.15. The Labute approximate surface area is 183 Å². The zero-order valence-electron chi connectivity index (χ0n) is 16.6. The van der Waals surface area contributed by atoms with Crippen molar-refractivity contribution in [1.29, 1.82) is 0 Å². The highest BCUT2D eigenvalue weighted by Crippen LogP contribution is 2.32. The lowest BCUT2D eigenvalue weighted by atomic mass is 10.1. The molecule has 0 bridgehead atoms. The van der Waals surface area contributed by atoms with E-state index < -0.39 is 11.7 Å². The van der Waals surface area contributed by atoms with Crippen LogP contribution in [0.15, 0.2) is 69.9 Å². The molecule has 0 saturated heterocycles. The summed E-state index contributed by atoms with van der Waals surface area (Å²) in [5, 5.41) is 4.31. The quantitative estimate of drug-likeness (QED) is 0.388. The van der Waals surface area contributed by atoms with Crippen LogP contribution in [0.2, 0.25) is 0 Å². The van der Waals surface area contributed by atoms with Crippen molar-refractivity contribution in [3.8, 4) is 22.7 Å². The van der Waals surface area contributed by atoms with Crippen LogP contribution in [-0.2, 0) is 6.18 Å². The summed E-state index contributed by atoms with van der Waals surface area (Å²) in [6, 6.07) is 15.7. The van der Waals surface area contributed by atoms with E-state index in [1.165, 1.54) is 22.7 Å². The van der Waals surface area contributed by atoms with E-state index in [4.69, 9.17) is 4.42 Å². The molecular formula is C23H14F3N3O2S. The summed E-state index contributed by atoms with van der Waals surface area (Å²) in [4.78, 5) is 17.6. The van der Waals surface area contributed by atoms with Crippen LogP contribution in [0.5, 0.6) is 0 Å². The third kappa shape index (κ3) is 3.71. The van der Waals surface area contributed by atoms with Crippen LogP contribution in [0.1, 0.15) is 16.9 Å². The van der Waals surface area contributed by atoms with Crippen LogP contribution < -0.4 is 10.1 Å². The predicted molar refractivity (Wildman–Crippen MR) is 115 cm³/mol. The van der Waals surface area contributed by atoms with Crippen molar-refractivity contribution in [2.45, 2.75) is 13.1 Å². The highest BCUT2D eigenvalue weighted by Gasteiger charge is 2.30. The molecule has 2 aromatic carbocycles. The van der Waals surface area contributed by atoms with Crippen LogP contribution in [-0.4, -0.2) is 14.6 Å². The first-order valence-corrected chi connectivity index (χ1v) is 10.4. The van der Waals surface area contributed by atoms with Gasteiger partial charge in [0.2, 0.25) is 4.96 Å². The monoisotopic (exact) mass is 453 g/mol. The topological polar surface area (TPSA) is 60.4 Å². The van der Waals surface area contributed by atoms with Gasteiger partial charge in [0.25, 0.3) is 5.56 Å². The summed E-state index contributed by atoms with van der Waals surface area (Å²) in [6.45, 7) is 1.98. The van der Waals surface area contributed by atoms with Crippen LogP contribution in [0.4, 0.5) is 13.2 Å². The fraction of sp³-hybridized carbons (Fsp3) is 0.0870. The molecule has 160 valence electrons. The molecule has 0 amide bonds. The number of nitrogens with zero attached hydrogens (tertiary/aromatic N) is 3. The molecule has 0 aliphatic rings. The average molecular weight is 453 g/mol. The molecular weight excluding hydrogens is 439 g/mol. The fourth-order valence-corrected chi connectivity index (χ4v) is 4.11. The van der Waals surface area contributed by atoms with Crippen molar-refractivity contribution < 1.29 is 17.6 Å². The maximum atomic E-state index is 13.0. The Morgan fingerprint density at radius 3 is 2.53 bits per heavy atom. The van der Waals surface area contributed by atoms with E-state index in [1.54, 1.807) is 12.1 Å². The van der Waals surface area contributed by atoms with Gasteiger partial charge in [0.05, 0.1) is 5.56 Å². The lowest BCUT2D eigenvalue weighted by molar-refractivity contribution is -0.137. The first-order chi connectivity index (χ1) is 15.3. The fourth-order valence-electron chi connectivity index (χ4n) is 3.22. The van der Waals surface area contributed by atoms with Crippen molar-refractivity contribution in [1.82, 2.24) is 14.6 Å². The van der Waals surface area contributed by atoms with Gasteiger partial charge in [-0.25, -0.2) is 0 Å². The van der Waals surface area contributed by atoms with Gasteiger partial charge in [0, 0.05) is 17.2 Å². The van der Waals surface area contributed by atoms with E-state index >= 15 is 0 Å². The minimum absolute atomic E-state index is 0.274. The van der Waals surface area contributed by atoms with E-state index in [1.807, 2.05) is 31.2 Å². The predicted octanol–water partition coefficient (Wildman–Crippen LogP) is 4.95. The van der Waals surface area contributed by atoms with Gasteiger partial charge >= 0.3 is 6.18 Å². The van der Waals surface area contributed by atoms with E-state index in [0.29, 0.717) is 26.6 Å². The third-order valence-electron chi connectivity index (χ3n) is 4.87. The van der Waals surface area contributed by atoms with Gasteiger partial charge in [0.1, 0.15) is 16.1 Å². The first kappa shape index (κ1) is 20.2. The Hall–Kier alpha value is -3.72. The molecule has 3 aromatic heterocycles. The molecule has 0 fully saturated rings. The summed E-state index contributed by atoms with van der Waals surface area (Å²) in [6.07, 6.45) is -2.91. The molecule has 0 spiro atoms. The molecule has 5 nitrogen and oxygen atoms in total. The summed E-state index contributed by atoms with van der Waals surface area (Å²) >= 11 is 1.16. The number of alkyl halides is 3. The van der Waals surface area contributed by atoms with Gasteiger partial charge in [-0.15, -0.1) is 5.10 Å². The van der Waals surface area contributed by atoms with Gasteiger partial charge < -0.3 is 4.42 Å². The maximum absolute atomic E-state index is 13.0. The van der Waals surface area contributed by atoms with Crippen molar-refractivity contribution in [3.05, 3.63) is 92.4 Å². The molecule has 9 heteroatoms. The standard InChI is InChI=1S/C23H14F3N3O2S/c1-13-5-7-14(8-6-13)20-27-22-29(28-20)21(30)19(32-22)12-17-9-10-18(31-17)15-3-2-4-16(11-15)23(24,25)26/h2-12H,1H3. The Kier molecular flexibility index (Phi) is 4.70. The number of hydrogen-bond donors (Lipinski definition) is 0. The van der Waals surface area contributed by atoms with E-state index in [0.717, 1.165) is 34.6 Å². The van der Waals surface area contributed by atoms with Crippen LogP contribution in [0, 0.1) is 6.92 Å². The van der Waals surface area contributed by atoms with E-state index in [9.17, 15) is 18.0 Å². The van der Waals surface area contributed by atoms with Gasteiger partial charge in [-0.3, -0.25) is 4.79 Å². The van der Waals surface area contributed by atoms with Crippen molar-refractivity contribution in [2.75, 3.05) is 0 Å². The first-order valence-electron chi connectivity index (χ1n) is 9.54. The second kappa shape index (κ2) is 7.45. The maximum Gasteiger partial charge on any atom is 0.416 e. The van der Waals surface area contributed by atoms with E-state index in [-0.39, 0.29) is 11.3 Å². The Morgan fingerprint density at radius 1 is 1.03 bits per heavy atom. The number of aromatic nitrogens is 3. The number of hydrogen-bond acceptors (Lipinski definition) is 5. The number of halogens is 3. The Balaban J connectivity index is 1.48. The SMILES string of the molecule is Cc1ccc(-c2nc3sc(=Cc4ccc(-c5cccc(C(F)(F)F)c5)o4)c(=O)n3n2)cc1. The van der Waals surface area contributed by atoms with Gasteiger partial charge in [-0.1, -0.05) is 53.3 Å². The lowest BCUT2D eigenvalue weighted by Gasteiger charge is -2.07. The molecule has 0 unspecified atom stereocenters. The number of thiazole rings is 1. The van der Waals surface area contributed by atoms with Crippen molar-refractivity contribution >= 4 is 22.4 Å². The summed E-state index contributed by atoms with van der Waals surface area (Å²) in [5.74, 6) is 1.08. The Morgan fingerprint density at radius 2 is 1.81 bits per heavy atom. The molecule has 0 aliphatic carbocycles. The average Bonchev–Trinajstić information content (AvgIpc) is 3.46. The van der Waals surface area contributed by atoms with Gasteiger partial charge in [-0.05, 0) is 31.2 Å². The Bertz CT molecular complexity index is 1550. The van der Waals surface area contributed by atoms with Gasteiger partial charge in [-0.2, -0.15) is 22.7 Å². The number of fused-ring (bicyclic) bond motifs is 1. The molecule has 5 rings (SSSR count). The zero-order valence-corrected chi connectivity index (χ0v) is 17.4. The summed E-state index contributed by atoms with van der Waals surface area (Å²) in [7, 11) is 0. The zero-order chi connectivity index (χ0) is 22.5. The normalized spacial score (nSPS) is 12.7. The van der Waals surface area contributed by atoms with Gasteiger partial charge in [0.15, 0.2) is 5.82 Å². The molecule has 0 radical (unpaired) electrons. The lowest BCUT2D eigenvalue weighted by Crippen LogP contribution is -2.23. The molecule has 0 N–H and O–H groups in total. The van der Waals surface area contributed by atoms with Crippen LogP contribution in [0.3, 0.4) is 0 Å². The number of benzene rings is 2. The molecule has 0 atom stereocenters. The number of furan rings is 1. The minimum Gasteiger partial charge on any atom is -0.457 e. The molecule has 5 aromatic rings. The van der Waals surface area contributed by atoms with Crippen molar-refractivity contribution in [2.24, 2.45) is 0 Å². The summed E-state index contributed by atoms with van der Waals surface area (Å²) < 4.78 is 46.2. The largest absolute Gasteiger partial charge is 0.457 e.